The number of aliphatic hydroxyl groups is 7. The fraction of sp³-hybridized carbons (Fsp3) is 0.647. The Labute approximate surface area is 156 Å². The summed E-state index contributed by atoms with van der Waals surface area (Å²) in [6.45, 7) is 3.44. The molecular formula is C17H26ClNO7. The van der Waals surface area contributed by atoms with Crippen LogP contribution in [0.1, 0.15) is 45.1 Å². The normalized spacial score (nSPS) is 20.2. The maximum Gasteiger partial charge on any atom is 0.354 e. The van der Waals surface area contributed by atoms with E-state index in [2.05, 4.69) is 0 Å². The van der Waals surface area contributed by atoms with Crippen molar-refractivity contribution in [3.05, 3.63) is 34.9 Å². The van der Waals surface area contributed by atoms with E-state index in [-0.39, 0.29) is 17.2 Å². The van der Waals surface area contributed by atoms with Crippen molar-refractivity contribution in [1.82, 2.24) is 4.90 Å². The first-order valence-corrected chi connectivity index (χ1v) is 8.75. The van der Waals surface area contributed by atoms with Gasteiger partial charge in [-0.2, -0.15) is 0 Å². The molecule has 148 valence electrons. The van der Waals surface area contributed by atoms with Crippen molar-refractivity contribution >= 4 is 11.6 Å². The van der Waals surface area contributed by atoms with Gasteiger partial charge in [-0.25, -0.2) is 0 Å². The first-order valence-electron chi connectivity index (χ1n) is 8.37. The summed E-state index contributed by atoms with van der Waals surface area (Å²) in [4.78, 5) is -0.291. The lowest BCUT2D eigenvalue weighted by Crippen LogP contribution is -2.77. The van der Waals surface area contributed by atoms with Crippen LogP contribution in [-0.4, -0.2) is 58.6 Å². The van der Waals surface area contributed by atoms with Gasteiger partial charge in [-0.05, 0) is 42.9 Å². The number of benzene rings is 1. The van der Waals surface area contributed by atoms with Crippen molar-refractivity contribution in [3.8, 4) is 0 Å². The minimum absolute atomic E-state index is 0.206. The van der Waals surface area contributed by atoms with E-state index in [4.69, 9.17) is 11.6 Å². The van der Waals surface area contributed by atoms with Crippen LogP contribution in [0.25, 0.3) is 0 Å². The van der Waals surface area contributed by atoms with Crippen LogP contribution in [0.5, 0.6) is 0 Å². The summed E-state index contributed by atoms with van der Waals surface area (Å²) in [5, 5.41) is 70.3. The SMILES string of the molecule is CC(C)CC(O)(N(C(O)(O)O)C(O)(O)O)C1(c2ccc(Cl)cc2)CCC1. The molecule has 0 bridgehead atoms. The molecule has 7 N–H and O–H groups in total. The summed E-state index contributed by atoms with van der Waals surface area (Å²) in [6, 6.07) is 6.44. The van der Waals surface area contributed by atoms with Crippen molar-refractivity contribution in [1.29, 1.82) is 0 Å². The highest BCUT2D eigenvalue weighted by atomic mass is 35.5. The molecule has 26 heavy (non-hydrogen) atoms. The monoisotopic (exact) mass is 391 g/mol. The van der Waals surface area contributed by atoms with E-state index < -0.39 is 23.3 Å². The number of hydrogen-bond donors (Lipinski definition) is 7. The zero-order valence-electron chi connectivity index (χ0n) is 14.7. The van der Waals surface area contributed by atoms with E-state index in [1.54, 1.807) is 38.1 Å². The van der Waals surface area contributed by atoms with E-state index in [9.17, 15) is 35.7 Å². The molecule has 0 saturated heterocycles. The van der Waals surface area contributed by atoms with Gasteiger partial charge < -0.3 is 35.7 Å². The molecule has 1 atom stereocenters. The first-order chi connectivity index (χ1) is 11.7. The molecule has 0 radical (unpaired) electrons. The summed E-state index contributed by atoms with van der Waals surface area (Å²) in [5.74, 6) is -0.267. The lowest BCUT2D eigenvalue weighted by Gasteiger charge is -2.60. The summed E-state index contributed by atoms with van der Waals surface area (Å²) in [6.07, 6.45) is -6.65. The molecule has 1 aromatic carbocycles. The zero-order chi connectivity index (χ0) is 20.0. The summed E-state index contributed by atoms with van der Waals surface area (Å²) in [5.41, 5.74) is -3.07. The van der Waals surface area contributed by atoms with E-state index in [1.807, 2.05) is 0 Å². The lowest BCUT2D eigenvalue weighted by atomic mass is 9.56. The van der Waals surface area contributed by atoms with E-state index in [0.717, 1.165) is 0 Å². The van der Waals surface area contributed by atoms with Gasteiger partial charge in [0.15, 0.2) is 0 Å². The Kier molecular flexibility index (Phi) is 5.76. The van der Waals surface area contributed by atoms with Crippen molar-refractivity contribution in [2.24, 2.45) is 5.92 Å². The second-order valence-corrected chi connectivity index (χ2v) is 7.83. The fourth-order valence-electron chi connectivity index (χ4n) is 3.99. The van der Waals surface area contributed by atoms with E-state index in [0.29, 0.717) is 29.8 Å². The molecule has 0 heterocycles. The van der Waals surface area contributed by atoms with Gasteiger partial charge in [0.1, 0.15) is 5.72 Å². The molecule has 0 aromatic heterocycles. The standard InChI is InChI=1S/C17H26ClNO7/c1-11(2)10-15(20,19(16(21,22)23)17(24,25)26)14(8-3-9-14)12-4-6-13(18)7-5-12/h4-7,11,20-26H,3,8-10H2,1-2H3. The van der Waals surface area contributed by atoms with Crippen LogP contribution >= 0.6 is 11.6 Å². The highest BCUT2D eigenvalue weighted by molar-refractivity contribution is 6.30. The molecule has 9 heteroatoms. The minimum Gasteiger partial charge on any atom is -0.374 e. The van der Waals surface area contributed by atoms with E-state index >= 15 is 0 Å². The molecule has 1 aromatic rings. The lowest BCUT2D eigenvalue weighted by molar-refractivity contribution is -0.552. The van der Waals surface area contributed by atoms with Crippen molar-refractivity contribution in [3.63, 3.8) is 0 Å². The number of halogens is 1. The molecule has 0 aliphatic heterocycles. The van der Waals surface area contributed by atoms with Crippen molar-refractivity contribution < 1.29 is 35.7 Å². The Hall–Kier alpha value is -0.810. The van der Waals surface area contributed by atoms with Crippen molar-refractivity contribution in [2.45, 2.75) is 62.9 Å². The second kappa shape index (κ2) is 6.97. The molecule has 2 rings (SSSR count). The minimum atomic E-state index is -3.91. The van der Waals surface area contributed by atoms with Crippen molar-refractivity contribution in [2.75, 3.05) is 0 Å². The molecule has 1 aliphatic rings. The number of nitrogens with zero attached hydrogens (tertiary/aromatic N) is 1. The predicted molar refractivity (Wildman–Crippen MR) is 92.0 cm³/mol. The second-order valence-electron chi connectivity index (χ2n) is 7.39. The molecule has 1 unspecified atom stereocenters. The smallest absolute Gasteiger partial charge is 0.354 e. The average molecular weight is 392 g/mol. The third-order valence-electron chi connectivity index (χ3n) is 5.03. The first kappa shape index (κ1) is 21.5. The molecule has 0 amide bonds. The Balaban J connectivity index is 2.69. The number of hydrogen-bond acceptors (Lipinski definition) is 8. The predicted octanol–water partition coefficient (Wildman–Crippen LogP) is -0.0252. The maximum atomic E-state index is 11.5. The topological polar surface area (TPSA) is 145 Å². The maximum absolute atomic E-state index is 11.5. The van der Waals surface area contributed by atoms with Crippen LogP contribution in [0, 0.1) is 5.92 Å². The largest absolute Gasteiger partial charge is 0.374 e. The van der Waals surface area contributed by atoms with Crippen LogP contribution < -0.4 is 0 Å². The zero-order valence-corrected chi connectivity index (χ0v) is 15.4. The van der Waals surface area contributed by atoms with Gasteiger partial charge in [-0.3, -0.25) is 0 Å². The highest BCUT2D eigenvalue weighted by Gasteiger charge is 2.66. The fourth-order valence-corrected chi connectivity index (χ4v) is 4.11. The van der Waals surface area contributed by atoms with Crippen LogP contribution in [-0.2, 0) is 5.41 Å². The Morgan fingerprint density at radius 2 is 1.42 bits per heavy atom. The average Bonchev–Trinajstić information content (AvgIpc) is 2.34. The Bertz CT molecular complexity index is 605. The summed E-state index contributed by atoms with van der Waals surface area (Å²) in [7, 11) is 0. The van der Waals surface area contributed by atoms with Gasteiger partial charge in [0.05, 0.1) is 0 Å². The molecule has 0 spiro atoms. The van der Waals surface area contributed by atoms with Crippen LogP contribution in [0.3, 0.4) is 0 Å². The Morgan fingerprint density at radius 1 is 0.962 bits per heavy atom. The Morgan fingerprint density at radius 3 is 1.73 bits per heavy atom. The molecule has 1 aliphatic carbocycles. The van der Waals surface area contributed by atoms with Gasteiger partial charge in [0, 0.05) is 10.4 Å². The molecular weight excluding hydrogens is 366 g/mol. The number of rotatable bonds is 7. The van der Waals surface area contributed by atoms with Gasteiger partial charge >= 0.3 is 12.2 Å². The van der Waals surface area contributed by atoms with Crippen LogP contribution in [0.2, 0.25) is 5.02 Å². The van der Waals surface area contributed by atoms with E-state index in [1.165, 1.54) is 0 Å². The quantitative estimate of drug-likeness (QED) is 0.321. The molecule has 8 nitrogen and oxygen atoms in total. The van der Waals surface area contributed by atoms with Crippen LogP contribution in [0.15, 0.2) is 24.3 Å². The van der Waals surface area contributed by atoms with Gasteiger partial charge in [0.25, 0.3) is 0 Å². The summed E-state index contributed by atoms with van der Waals surface area (Å²) >= 11 is 5.92. The van der Waals surface area contributed by atoms with Gasteiger partial charge in [0.2, 0.25) is 0 Å². The summed E-state index contributed by atoms with van der Waals surface area (Å²) < 4.78 is 0. The molecule has 1 fully saturated rings. The van der Waals surface area contributed by atoms with Crippen LogP contribution in [0.4, 0.5) is 0 Å². The van der Waals surface area contributed by atoms with Gasteiger partial charge in [-0.1, -0.05) is 44.0 Å². The third kappa shape index (κ3) is 3.75. The van der Waals surface area contributed by atoms with Gasteiger partial charge in [-0.15, -0.1) is 4.90 Å². The highest BCUT2D eigenvalue weighted by Crippen LogP contribution is 2.56. The third-order valence-corrected chi connectivity index (χ3v) is 5.29. The molecule has 1 saturated carbocycles.